The average Bonchev–Trinajstić information content (AvgIpc) is 2.40. The Morgan fingerprint density at radius 3 is 2.58 bits per heavy atom. The van der Waals surface area contributed by atoms with Crippen molar-refractivity contribution in [3.05, 3.63) is 23.3 Å². The van der Waals surface area contributed by atoms with Crippen LogP contribution < -0.4 is 15.8 Å². The summed E-state index contributed by atoms with van der Waals surface area (Å²) in [5, 5.41) is 2.88. The number of hydrogen-bond acceptors (Lipinski definition) is 3. The summed E-state index contributed by atoms with van der Waals surface area (Å²) >= 11 is 0. The molecule has 4 heteroatoms. The highest BCUT2D eigenvalue weighted by molar-refractivity contribution is 5.95. The minimum atomic E-state index is -0.489. The molecule has 1 amide bonds. The number of aryl methyl sites for hydroxylation is 1. The van der Waals surface area contributed by atoms with Crippen LogP contribution in [0.1, 0.15) is 31.4 Å². The van der Waals surface area contributed by atoms with Gasteiger partial charge in [-0.05, 0) is 31.4 Å². The zero-order chi connectivity index (χ0) is 14.6. The van der Waals surface area contributed by atoms with E-state index in [2.05, 4.69) is 5.32 Å². The van der Waals surface area contributed by atoms with Crippen molar-refractivity contribution in [3.8, 4) is 5.75 Å². The van der Waals surface area contributed by atoms with Crippen molar-refractivity contribution in [2.45, 2.75) is 40.2 Å². The van der Waals surface area contributed by atoms with Crippen molar-refractivity contribution < 1.29 is 9.53 Å². The standard InChI is InChI=1S/C15H24N2O2/c1-6-9(2)13(16)15(18)17-12-8-7-10(3)14(19-5)11(12)4/h7-9,13H,6,16H2,1-5H3,(H,17,18). The van der Waals surface area contributed by atoms with E-state index in [1.807, 2.05) is 39.8 Å². The van der Waals surface area contributed by atoms with Gasteiger partial charge in [0, 0.05) is 11.3 Å². The fourth-order valence-corrected chi connectivity index (χ4v) is 2.00. The molecule has 0 aromatic heterocycles. The van der Waals surface area contributed by atoms with E-state index in [1.165, 1.54) is 0 Å². The molecule has 3 N–H and O–H groups in total. The van der Waals surface area contributed by atoms with Crippen LogP contribution in [0.15, 0.2) is 12.1 Å². The van der Waals surface area contributed by atoms with Gasteiger partial charge in [0.25, 0.3) is 0 Å². The number of carbonyl (C=O) groups excluding carboxylic acids is 1. The zero-order valence-electron chi connectivity index (χ0n) is 12.4. The van der Waals surface area contributed by atoms with Gasteiger partial charge in [0.1, 0.15) is 5.75 Å². The van der Waals surface area contributed by atoms with Crippen LogP contribution in [0.5, 0.6) is 5.75 Å². The first-order valence-electron chi connectivity index (χ1n) is 6.63. The van der Waals surface area contributed by atoms with Gasteiger partial charge in [-0.1, -0.05) is 26.3 Å². The zero-order valence-corrected chi connectivity index (χ0v) is 12.4. The smallest absolute Gasteiger partial charge is 0.241 e. The summed E-state index contributed by atoms with van der Waals surface area (Å²) in [7, 11) is 1.63. The van der Waals surface area contributed by atoms with Gasteiger partial charge in [-0.3, -0.25) is 4.79 Å². The number of hydrogen-bond donors (Lipinski definition) is 2. The third-order valence-corrected chi connectivity index (χ3v) is 3.62. The molecule has 1 aromatic carbocycles. The Balaban J connectivity index is 2.92. The summed E-state index contributed by atoms with van der Waals surface area (Å²) in [6.07, 6.45) is 0.880. The molecule has 0 aliphatic heterocycles. The molecule has 1 aromatic rings. The average molecular weight is 264 g/mol. The maximum Gasteiger partial charge on any atom is 0.241 e. The predicted octanol–water partition coefficient (Wildman–Crippen LogP) is 2.62. The van der Waals surface area contributed by atoms with E-state index in [-0.39, 0.29) is 11.8 Å². The topological polar surface area (TPSA) is 64.4 Å². The SMILES string of the molecule is CCC(C)C(N)C(=O)Nc1ccc(C)c(OC)c1C. The number of nitrogens with two attached hydrogens (primary N) is 1. The van der Waals surface area contributed by atoms with Gasteiger partial charge in [-0.15, -0.1) is 0 Å². The second-order valence-corrected chi connectivity index (χ2v) is 4.99. The van der Waals surface area contributed by atoms with Gasteiger partial charge in [0.05, 0.1) is 13.2 Å². The molecular formula is C15H24N2O2. The van der Waals surface area contributed by atoms with Gasteiger partial charge in [0.2, 0.25) is 5.91 Å². The third kappa shape index (κ3) is 3.47. The molecule has 4 nitrogen and oxygen atoms in total. The Morgan fingerprint density at radius 2 is 2.05 bits per heavy atom. The first-order chi connectivity index (χ1) is 8.92. The Bertz CT molecular complexity index is 458. The monoisotopic (exact) mass is 264 g/mol. The molecule has 0 heterocycles. The van der Waals surface area contributed by atoms with Crippen molar-refractivity contribution in [3.63, 3.8) is 0 Å². The normalized spacial score (nSPS) is 13.8. The highest BCUT2D eigenvalue weighted by Gasteiger charge is 2.20. The van der Waals surface area contributed by atoms with Gasteiger partial charge in [0.15, 0.2) is 0 Å². The molecule has 2 unspecified atom stereocenters. The quantitative estimate of drug-likeness (QED) is 0.859. The number of rotatable bonds is 5. The van der Waals surface area contributed by atoms with E-state index in [1.54, 1.807) is 7.11 Å². The Labute approximate surface area is 115 Å². The fourth-order valence-electron chi connectivity index (χ4n) is 2.00. The van der Waals surface area contributed by atoms with Crippen molar-refractivity contribution in [2.75, 3.05) is 12.4 Å². The molecule has 0 saturated carbocycles. The number of carbonyl (C=O) groups is 1. The summed E-state index contributed by atoms with van der Waals surface area (Å²) in [6.45, 7) is 7.91. The van der Waals surface area contributed by atoms with Crippen LogP contribution in [0.4, 0.5) is 5.69 Å². The highest BCUT2D eigenvalue weighted by Crippen LogP contribution is 2.29. The van der Waals surface area contributed by atoms with Crippen molar-refractivity contribution in [1.29, 1.82) is 0 Å². The molecule has 0 bridgehead atoms. The predicted molar refractivity (Wildman–Crippen MR) is 78.5 cm³/mol. The molecule has 0 spiro atoms. The summed E-state index contributed by atoms with van der Waals surface area (Å²) in [6, 6.07) is 3.32. The van der Waals surface area contributed by atoms with Gasteiger partial charge < -0.3 is 15.8 Å². The van der Waals surface area contributed by atoms with Gasteiger partial charge in [-0.2, -0.15) is 0 Å². The lowest BCUT2D eigenvalue weighted by molar-refractivity contribution is -0.118. The number of ether oxygens (including phenoxy) is 1. The largest absolute Gasteiger partial charge is 0.496 e. The number of anilines is 1. The van der Waals surface area contributed by atoms with E-state index < -0.39 is 6.04 Å². The highest BCUT2D eigenvalue weighted by atomic mass is 16.5. The summed E-state index contributed by atoms with van der Waals surface area (Å²) in [5.41, 5.74) is 8.65. The molecule has 2 atom stereocenters. The number of methoxy groups -OCH3 is 1. The van der Waals surface area contributed by atoms with E-state index in [0.29, 0.717) is 0 Å². The van der Waals surface area contributed by atoms with Gasteiger partial charge in [-0.25, -0.2) is 0 Å². The first kappa shape index (κ1) is 15.5. The number of benzene rings is 1. The maximum absolute atomic E-state index is 12.1. The van der Waals surface area contributed by atoms with E-state index in [0.717, 1.165) is 29.0 Å². The molecule has 0 saturated heterocycles. The molecule has 1 rings (SSSR count). The molecule has 19 heavy (non-hydrogen) atoms. The number of amides is 1. The summed E-state index contributed by atoms with van der Waals surface area (Å²) in [5.74, 6) is 0.811. The first-order valence-corrected chi connectivity index (χ1v) is 6.63. The second kappa shape index (κ2) is 6.57. The lowest BCUT2D eigenvalue weighted by Crippen LogP contribution is -2.40. The van der Waals surface area contributed by atoms with Crippen LogP contribution >= 0.6 is 0 Å². The molecule has 106 valence electrons. The van der Waals surface area contributed by atoms with Gasteiger partial charge >= 0.3 is 0 Å². The minimum absolute atomic E-state index is 0.150. The molecular weight excluding hydrogens is 240 g/mol. The van der Waals surface area contributed by atoms with E-state index >= 15 is 0 Å². The second-order valence-electron chi connectivity index (χ2n) is 4.99. The van der Waals surface area contributed by atoms with Crippen molar-refractivity contribution in [1.82, 2.24) is 0 Å². The molecule has 0 fully saturated rings. The minimum Gasteiger partial charge on any atom is -0.496 e. The Morgan fingerprint density at radius 1 is 1.42 bits per heavy atom. The fraction of sp³-hybridized carbons (Fsp3) is 0.533. The van der Waals surface area contributed by atoms with Crippen LogP contribution in [-0.4, -0.2) is 19.1 Å². The Hall–Kier alpha value is -1.55. The Kier molecular flexibility index (Phi) is 5.36. The van der Waals surface area contributed by atoms with E-state index in [4.69, 9.17) is 10.5 Å². The lowest BCUT2D eigenvalue weighted by Gasteiger charge is -2.19. The van der Waals surface area contributed by atoms with Crippen LogP contribution in [-0.2, 0) is 4.79 Å². The van der Waals surface area contributed by atoms with Crippen LogP contribution in [0.3, 0.4) is 0 Å². The lowest BCUT2D eigenvalue weighted by atomic mass is 9.99. The van der Waals surface area contributed by atoms with Crippen LogP contribution in [0, 0.1) is 19.8 Å². The third-order valence-electron chi connectivity index (χ3n) is 3.62. The van der Waals surface area contributed by atoms with Crippen LogP contribution in [0.2, 0.25) is 0 Å². The number of nitrogens with one attached hydrogen (secondary N) is 1. The maximum atomic E-state index is 12.1. The molecule has 0 aliphatic carbocycles. The molecule has 0 aliphatic rings. The summed E-state index contributed by atoms with van der Waals surface area (Å²) in [4.78, 5) is 12.1. The van der Waals surface area contributed by atoms with Crippen molar-refractivity contribution in [2.24, 2.45) is 11.7 Å². The van der Waals surface area contributed by atoms with Crippen LogP contribution in [0.25, 0.3) is 0 Å². The van der Waals surface area contributed by atoms with Crippen molar-refractivity contribution >= 4 is 11.6 Å². The van der Waals surface area contributed by atoms with E-state index in [9.17, 15) is 4.79 Å². The summed E-state index contributed by atoms with van der Waals surface area (Å²) < 4.78 is 5.34. The molecule has 0 radical (unpaired) electrons.